The zero-order chi connectivity index (χ0) is 17.7. The van der Waals surface area contributed by atoms with Gasteiger partial charge in [0.05, 0.1) is 0 Å². The van der Waals surface area contributed by atoms with E-state index >= 15 is 0 Å². The molecule has 0 aromatic carbocycles. The van der Waals surface area contributed by atoms with E-state index in [-0.39, 0.29) is 24.6 Å². The lowest BCUT2D eigenvalue weighted by atomic mass is 10.0. The standard InChI is InChI=1S/C16H29F3N2O2/c1-12(6-5-9-16(17,18)19)20-13-7-10-21(11-8-13)14(22)23-15(2,3)4/h12-13,20H,5-11H2,1-4H3. The molecule has 0 saturated carbocycles. The van der Waals surface area contributed by atoms with Crippen LogP contribution in [0.15, 0.2) is 0 Å². The summed E-state index contributed by atoms with van der Waals surface area (Å²) in [5, 5.41) is 3.37. The summed E-state index contributed by atoms with van der Waals surface area (Å²) < 4.78 is 41.7. The van der Waals surface area contributed by atoms with Crippen LogP contribution < -0.4 is 5.32 Å². The summed E-state index contributed by atoms with van der Waals surface area (Å²) >= 11 is 0. The molecule has 1 aliphatic rings. The number of hydrogen-bond donors (Lipinski definition) is 1. The third kappa shape index (κ3) is 9.03. The van der Waals surface area contributed by atoms with Crippen molar-refractivity contribution in [2.45, 2.75) is 83.7 Å². The minimum Gasteiger partial charge on any atom is -0.444 e. The van der Waals surface area contributed by atoms with E-state index in [4.69, 9.17) is 4.74 Å². The lowest BCUT2D eigenvalue weighted by molar-refractivity contribution is -0.135. The monoisotopic (exact) mass is 338 g/mol. The predicted octanol–water partition coefficient (Wildman–Crippen LogP) is 4.10. The van der Waals surface area contributed by atoms with Crippen molar-refractivity contribution in [1.82, 2.24) is 10.2 Å². The number of likely N-dealkylation sites (tertiary alicyclic amines) is 1. The first-order chi connectivity index (χ1) is 10.5. The van der Waals surface area contributed by atoms with Crippen molar-refractivity contribution in [3.05, 3.63) is 0 Å². The van der Waals surface area contributed by atoms with Gasteiger partial charge in [0.15, 0.2) is 0 Å². The number of carbonyl (C=O) groups excluding carboxylic acids is 1. The van der Waals surface area contributed by atoms with Crippen LogP contribution in [-0.4, -0.2) is 47.9 Å². The first kappa shape index (κ1) is 20.1. The van der Waals surface area contributed by atoms with Crippen LogP contribution in [0.2, 0.25) is 0 Å². The number of ether oxygens (including phenoxy) is 1. The summed E-state index contributed by atoms with van der Waals surface area (Å²) in [6.45, 7) is 8.64. The van der Waals surface area contributed by atoms with Crippen molar-refractivity contribution < 1.29 is 22.7 Å². The molecule has 1 atom stereocenters. The van der Waals surface area contributed by atoms with Crippen LogP contribution >= 0.6 is 0 Å². The molecule has 0 aliphatic carbocycles. The van der Waals surface area contributed by atoms with Gasteiger partial charge in [0.2, 0.25) is 0 Å². The average Bonchev–Trinajstić information content (AvgIpc) is 2.35. The van der Waals surface area contributed by atoms with E-state index in [1.165, 1.54) is 0 Å². The minimum atomic E-state index is -4.07. The summed E-state index contributed by atoms with van der Waals surface area (Å²) in [5.41, 5.74) is -0.501. The van der Waals surface area contributed by atoms with Gasteiger partial charge in [0.1, 0.15) is 5.60 Å². The number of halogens is 3. The largest absolute Gasteiger partial charge is 0.444 e. The Morgan fingerprint density at radius 2 is 1.83 bits per heavy atom. The van der Waals surface area contributed by atoms with Gasteiger partial charge in [-0.1, -0.05) is 0 Å². The van der Waals surface area contributed by atoms with Crippen LogP contribution in [0.25, 0.3) is 0 Å². The van der Waals surface area contributed by atoms with E-state index in [1.54, 1.807) is 4.90 Å². The lowest BCUT2D eigenvalue weighted by Crippen LogP contribution is -2.48. The van der Waals surface area contributed by atoms with Gasteiger partial charge in [0.25, 0.3) is 0 Å². The van der Waals surface area contributed by atoms with Gasteiger partial charge in [-0.15, -0.1) is 0 Å². The fourth-order valence-corrected chi connectivity index (χ4v) is 2.65. The summed E-state index contributed by atoms with van der Waals surface area (Å²) in [5.74, 6) is 0. The summed E-state index contributed by atoms with van der Waals surface area (Å²) in [7, 11) is 0. The second kappa shape index (κ2) is 8.22. The van der Waals surface area contributed by atoms with E-state index in [0.29, 0.717) is 19.5 Å². The Balaban J connectivity index is 2.24. The highest BCUT2D eigenvalue weighted by atomic mass is 19.4. The van der Waals surface area contributed by atoms with E-state index < -0.39 is 18.2 Å². The van der Waals surface area contributed by atoms with Gasteiger partial charge in [0, 0.05) is 31.6 Å². The number of alkyl halides is 3. The zero-order valence-corrected chi connectivity index (χ0v) is 14.5. The molecule has 1 rings (SSSR count). The molecule has 0 spiro atoms. The molecule has 23 heavy (non-hydrogen) atoms. The molecule has 1 fully saturated rings. The molecule has 1 N–H and O–H groups in total. The molecule has 1 amide bonds. The molecule has 0 radical (unpaired) electrons. The normalized spacial score (nSPS) is 18.8. The number of amides is 1. The van der Waals surface area contributed by atoms with Crippen LogP contribution in [-0.2, 0) is 4.74 Å². The predicted molar refractivity (Wildman–Crippen MR) is 83.3 cm³/mol. The van der Waals surface area contributed by atoms with Crippen LogP contribution in [0.4, 0.5) is 18.0 Å². The Bertz CT molecular complexity index is 373. The van der Waals surface area contributed by atoms with Crippen LogP contribution in [0.3, 0.4) is 0 Å². The van der Waals surface area contributed by atoms with E-state index in [1.807, 2.05) is 27.7 Å². The number of piperidine rings is 1. The number of nitrogens with one attached hydrogen (secondary N) is 1. The van der Waals surface area contributed by atoms with Gasteiger partial charge < -0.3 is 15.0 Å². The fourth-order valence-electron chi connectivity index (χ4n) is 2.65. The Kier molecular flexibility index (Phi) is 7.17. The molecule has 1 aliphatic heterocycles. The van der Waals surface area contributed by atoms with Crippen molar-refractivity contribution in [3.8, 4) is 0 Å². The van der Waals surface area contributed by atoms with Gasteiger partial charge in [-0.3, -0.25) is 0 Å². The third-order valence-corrected chi connectivity index (χ3v) is 3.76. The maximum atomic E-state index is 12.1. The molecule has 1 heterocycles. The Labute approximate surface area is 136 Å². The highest BCUT2D eigenvalue weighted by molar-refractivity contribution is 5.68. The molecule has 136 valence electrons. The van der Waals surface area contributed by atoms with Crippen molar-refractivity contribution in [1.29, 1.82) is 0 Å². The van der Waals surface area contributed by atoms with E-state index in [9.17, 15) is 18.0 Å². The zero-order valence-electron chi connectivity index (χ0n) is 14.5. The van der Waals surface area contributed by atoms with Gasteiger partial charge in [-0.25, -0.2) is 4.79 Å². The molecule has 0 aromatic heterocycles. The van der Waals surface area contributed by atoms with Crippen molar-refractivity contribution in [2.75, 3.05) is 13.1 Å². The van der Waals surface area contributed by atoms with Crippen molar-refractivity contribution >= 4 is 6.09 Å². The Hall–Kier alpha value is -0.980. The topological polar surface area (TPSA) is 41.6 Å². The van der Waals surface area contributed by atoms with Gasteiger partial charge in [-0.05, 0) is 53.4 Å². The maximum absolute atomic E-state index is 12.1. The second-order valence-corrected chi connectivity index (χ2v) is 7.32. The van der Waals surface area contributed by atoms with Gasteiger partial charge in [-0.2, -0.15) is 13.2 Å². The fraction of sp³-hybridized carbons (Fsp3) is 0.938. The number of carbonyl (C=O) groups is 1. The summed E-state index contributed by atoms with van der Waals surface area (Å²) in [4.78, 5) is 13.6. The van der Waals surface area contributed by atoms with Crippen molar-refractivity contribution in [3.63, 3.8) is 0 Å². The Morgan fingerprint density at radius 1 is 1.26 bits per heavy atom. The highest BCUT2D eigenvalue weighted by Gasteiger charge is 2.28. The van der Waals surface area contributed by atoms with Crippen LogP contribution in [0, 0.1) is 0 Å². The Morgan fingerprint density at radius 3 is 2.30 bits per heavy atom. The first-order valence-electron chi connectivity index (χ1n) is 8.27. The van der Waals surface area contributed by atoms with Crippen LogP contribution in [0.1, 0.15) is 59.8 Å². The van der Waals surface area contributed by atoms with Crippen LogP contribution in [0.5, 0.6) is 0 Å². The van der Waals surface area contributed by atoms with E-state index in [0.717, 1.165) is 12.8 Å². The number of nitrogens with zero attached hydrogens (tertiary/aromatic N) is 1. The smallest absolute Gasteiger partial charge is 0.410 e. The SMILES string of the molecule is CC(CCCC(F)(F)F)NC1CCN(C(=O)OC(C)(C)C)CC1. The summed E-state index contributed by atoms with van der Waals surface area (Å²) in [6.07, 6.45) is -2.85. The molecule has 0 bridgehead atoms. The lowest BCUT2D eigenvalue weighted by Gasteiger charge is -2.35. The molecule has 0 aromatic rings. The minimum absolute atomic E-state index is 0.0513. The summed E-state index contributed by atoms with van der Waals surface area (Å²) in [6, 6.07) is 0.296. The molecule has 1 saturated heterocycles. The quantitative estimate of drug-likeness (QED) is 0.821. The maximum Gasteiger partial charge on any atom is 0.410 e. The first-order valence-corrected chi connectivity index (χ1v) is 8.27. The highest BCUT2D eigenvalue weighted by Crippen LogP contribution is 2.23. The molecule has 1 unspecified atom stereocenters. The van der Waals surface area contributed by atoms with Gasteiger partial charge >= 0.3 is 12.3 Å². The number of hydrogen-bond acceptors (Lipinski definition) is 3. The molecular formula is C16H29F3N2O2. The second-order valence-electron chi connectivity index (χ2n) is 7.32. The average molecular weight is 338 g/mol. The number of rotatable bonds is 5. The molecule has 7 heteroatoms. The molecule has 4 nitrogen and oxygen atoms in total. The molecular weight excluding hydrogens is 309 g/mol. The van der Waals surface area contributed by atoms with Crippen molar-refractivity contribution in [2.24, 2.45) is 0 Å². The van der Waals surface area contributed by atoms with E-state index in [2.05, 4.69) is 5.32 Å². The third-order valence-electron chi connectivity index (χ3n) is 3.76.